The molecule has 1 fully saturated rings. The summed E-state index contributed by atoms with van der Waals surface area (Å²) in [4.78, 5) is 13.2. The molecule has 0 aromatic heterocycles. The lowest BCUT2D eigenvalue weighted by molar-refractivity contribution is 0.101. The summed E-state index contributed by atoms with van der Waals surface area (Å²) in [6.45, 7) is 7.74. The van der Waals surface area contributed by atoms with Gasteiger partial charge in [0.2, 0.25) is 0 Å². The second-order valence-electron chi connectivity index (χ2n) is 4.42. The Morgan fingerprint density at radius 3 is 2.06 bits per heavy atom. The van der Waals surface area contributed by atoms with E-state index in [0.717, 1.165) is 5.56 Å². The number of hydrogen-bond donors (Lipinski definition) is 0. The second kappa shape index (κ2) is 8.02. The van der Waals surface area contributed by atoms with E-state index in [2.05, 4.69) is 11.8 Å². The summed E-state index contributed by atoms with van der Waals surface area (Å²) in [6.07, 6.45) is 4.30. The van der Waals surface area contributed by atoms with Crippen LogP contribution in [0.1, 0.15) is 43.5 Å². The summed E-state index contributed by atoms with van der Waals surface area (Å²) in [5.74, 6) is 0.121. The Kier molecular flexibility index (Phi) is 6.56. The van der Waals surface area contributed by atoms with Gasteiger partial charge in [-0.05, 0) is 39.4 Å². The monoisotopic (exact) mass is 233 g/mol. The van der Waals surface area contributed by atoms with E-state index in [0.29, 0.717) is 0 Å². The molecule has 0 amide bonds. The Morgan fingerprint density at radius 1 is 1.12 bits per heavy atom. The highest BCUT2D eigenvalue weighted by atomic mass is 16.1. The lowest BCUT2D eigenvalue weighted by atomic mass is 10.1. The highest BCUT2D eigenvalue weighted by molar-refractivity contribution is 5.93. The van der Waals surface area contributed by atoms with Gasteiger partial charge < -0.3 is 4.90 Å². The third kappa shape index (κ3) is 5.64. The number of benzene rings is 1. The molecule has 1 aliphatic heterocycles. The summed E-state index contributed by atoms with van der Waals surface area (Å²) in [7, 11) is 0. The summed E-state index contributed by atoms with van der Waals surface area (Å²) < 4.78 is 0. The molecular weight excluding hydrogens is 210 g/mol. The maximum Gasteiger partial charge on any atom is 0.159 e. The molecule has 1 heterocycles. The number of ketones is 1. The smallest absolute Gasteiger partial charge is 0.159 e. The fraction of sp³-hybridized carbons (Fsp3) is 0.533. The van der Waals surface area contributed by atoms with Crippen molar-refractivity contribution in [2.24, 2.45) is 0 Å². The van der Waals surface area contributed by atoms with Gasteiger partial charge >= 0.3 is 0 Å². The van der Waals surface area contributed by atoms with Crippen molar-refractivity contribution in [3.8, 4) is 0 Å². The zero-order valence-corrected chi connectivity index (χ0v) is 11.0. The molecule has 0 N–H and O–H groups in total. The molecule has 0 spiro atoms. The van der Waals surface area contributed by atoms with Crippen molar-refractivity contribution in [1.29, 1.82) is 0 Å². The Bertz CT molecular complexity index is 315. The standard InChI is InChI=1S/C8H8O.C7H15N/c1-7(9)8-5-3-2-4-6-8;1-2-8-6-4-3-5-7-8/h2-6H,1H3;2-7H2,1H3. The van der Waals surface area contributed by atoms with Crippen molar-refractivity contribution in [3.05, 3.63) is 35.9 Å². The number of likely N-dealkylation sites (tertiary alicyclic amines) is 1. The summed E-state index contributed by atoms with van der Waals surface area (Å²) in [6, 6.07) is 9.23. The molecule has 1 aromatic carbocycles. The summed E-state index contributed by atoms with van der Waals surface area (Å²) >= 11 is 0. The van der Waals surface area contributed by atoms with Gasteiger partial charge in [0.05, 0.1) is 0 Å². The molecule has 1 aromatic rings. The Labute approximate surface area is 105 Å². The van der Waals surface area contributed by atoms with Crippen molar-refractivity contribution < 1.29 is 4.79 Å². The Morgan fingerprint density at radius 2 is 1.71 bits per heavy atom. The average Bonchev–Trinajstić information content (AvgIpc) is 2.41. The molecule has 0 aliphatic carbocycles. The quantitative estimate of drug-likeness (QED) is 0.730. The molecule has 2 rings (SSSR count). The first-order valence-corrected chi connectivity index (χ1v) is 6.52. The van der Waals surface area contributed by atoms with Crippen molar-refractivity contribution in [1.82, 2.24) is 4.90 Å². The molecule has 94 valence electrons. The molecular formula is C15H23NO. The minimum absolute atomic E-state index is 0.121. The maximum absolute atomic E-state index is 10.6. The second-order valence-corrected chi connectivity index (χ2v) is 4.42. The molecule has 1 aliphatic rings. The van der Waals surface area contributed by atoms with Crippen molar-refractivity contribution in [2.45, 2.75) is 33.1 Å². The fourth-order valence-electron chi connectivity index (χ4n) is 1.95. The highest BCUT2D eigenvalue weighted by Gasteiger charge is 2.05. The largest absolute Gasteiger partial charge is 0.304 e. The molecule has 0 radical (unpaired) electrons. The predicted octanol–water partition coefficient (Wildman–Crippen LogP) is 3.38. The minimum Gasteiger partial charge on any atom is -0.304 e. The normalized spacial score (nSPS) is 15.9. The van der Waals surface area contributed by atoms with E-state index < -0.39 is 0 Å². The SMILES string of the molecule is CC(=O)c1ccccc1.CCN1CCCCC1. The van der Waals surface area contributed by atoms with Crippen LogP contribution in [-0.2, 0) is 0 Å². The number of Topliss-reactive ketones (excluding diaryl/α,β-unsaturated/α-hetero) is 1. The van der Waals surface area contributed by atoms with Crippen LogP contribution in [0.3, 0.4) is 0 Å². The van der Waals surface area contributed by atoms with Crippen LogP contribution in [0.4, 0.5) is 0 Å². The molecule has 2 nitrogen and oxygen atoms in total. The van der Waals surface area contributed by atoms with Crippen LogP contribution in [-0.4, -0.2) is 30.3 Å². The zero-order chi connectivity index (χ0) is 12.5. The Balaban J connectivity index is 0.000000171. The van der Waals surface area contributed by atoms with E-state index in [4.69, 9.17) is 0 Å². The van der Waals surface area contributed by atoms with Crippen LogP contribution in [0.2, 0.25) is 0 Å². The molecule has 0 bridgehead atoms. The highest BCUT2D eigenvalue weighted by Crippen LogP contribution is 2.06. The summed E-state index contributed by atoms with van der Waals surface area (Å²) in [5.41, 5.74) is 0.775. The lowest BCUT2D eigenvalue weighted by Crippen LogP contribution is -2.29. The van der Waals surface area contributed by atoms with Gasteiger partial charge in [-0.1, -0.05) is 43.7 Å². The number of hydrogen-bond acceptors (Lipinski definition) is 2. The van der Waals surface area contributed by atoms with Crippen molar-refractivity contribution >= 4 is 5.78 Å². The molecule has 1 saturated heterocycles. The molecule has 17 heavy (non-hydrogen) atoms. The van der Waals surface area contributed by atoms with Crippen LogP contribution in [0, 0.1) is 0 Å². The van der Waals surface area contributed by atoms with Crippen LogP contribution in [0.25, 0.3) is 0 Å². The van der Waals surface area contributed by atoms with Gasteiger partial charge in [-0.2, -0.15) is 0 Å². The molecule has 2 heteroatoms. The number of piperidine rings is 1. The topological polar surface area (TPSA) is 20.3 Å². The van der Waals surface area contributed by atoms with Crippen LogP contribution in [0.15, 0.2) is 30.3 Å². The lowest BCUT2D eigenvalue weighted by Gasteiger charge is -2.24. The Hall–Kier alpha value is -1.15. The average molecular weight is 233 g/mol. The van der Waals surface area contributed by atoms with E-state index in [1.807, 2.05) is 30.3 Å². The predicted molar refractivity (Wildman–Crippen MR) is 72.4 cm³/mol. The van der Waals surface area contributed by atoms with Gasteiger partial charge in [-0.15, -0.1) is 0 Å². The van der Waals surface area contributed by atoms with E-state index in [1.165, 1.54) is 38.9 Å². The van der Waals surface area contributed by atoms with Crippen LogP contribution >= 0.6 is 0 Å². The van der Waals surface area contributed by atoms with E-state index in [1.54, 1.807) is 6.92 Å². The third-order valence-corrected chi connectivity index (χ3v) is 3.08. The first-order chi connectivity index (χ1) is 8.24. The van der Waals surface area contributed by atoms with Gasteiger partial charge in [0.15, 0.2) is 5.78 Å². The zero-order valence-electron chi connectivity index (χ0n) is 11.0. The molecule has 0 atom stereocenters. The first-order valence-electron chi connectivity index (χ1n) is 6.52. The summed E-state index contributed by atoms with van der Waals surface area (Å²) in [5, 5.41) is 0. The van der Waals surface area contributed by atoms with Gasteiger partial charge in [0.25, 0.3) is 0 Å². The van der Waals surface area contributed by atoms with Gasteiger partial charge in [0, 0.05) is 5.56 Å². The minimum atomic E-state index is 0.121. The molecule has 0 saturated carbocycles. The van der Waals surface area contributed by atoms with Gasteiger partial charge in [-0.3, -0.25) is 4.79 Å². The van der Waals surface area contributed by atoms with Crippen molar-refractivity contribution in [3.63, 3.8) is 0 Å². The number of carbonyl (C=O) groups is 1. The number of nitrogens with zero attached hydrogens (tertiary/aromatic N) is 1. The van der Waals surface area contributed by atoms with Crippen LogP contribution in [0.5, 0.6) is 0 Å². The van der Waals surface area contributed by atoms with E-state index >= 15 is 0 Å². The third-order valence-electron chi connectivity index (χ3n) is 3.08. The molecule has 0 unspecified atom stereocenters. The number of carbonyl (C=O) groups excluding carboxylic acids is 1. The maximum atomic E-state index is 10.6. The number of rotatable bonds is 2. The van der Waals surface area contributed by atoms with Crippen molar-refractivity contribution in [2.75, 3.05) is 19.6 Å². The van der Waals surface area contributed by atoms with Gasteiger partial charge in [0.1, 0.15) is 0 Å². The first kappa shape index (κ1) is 13.9. The fourth-order valence-corrected chi connectivity index (χ4v) is 1.95. The van der Waals surface area contributed by atoms with E-state index in [9.17, 15) is 4.79 Å². The van der Waals surface area contributed by atoms with Crippen LogP contribution < -0.4 is 0 Å². The van der Waals surface area contributed by atoms with E-state index in [-0.39, 0.29) is 5.78 Å². The van der Waals surface area contributed by atoms with Gasteiger partial charge in [-0.25, -0.2) is 0 Å².